The predicted octanol–water partition coefficient (Wildman–Crippen LogP) is 3.95. The van der Waals surface area contributed by atoms with E-state index < -0.39 is 10.0 Å². The van der Waals surface area contributed by atoms with Crippen molar-refractivity contribution < 1.29 is 22.7 Å². The van der Waals surface area contributed by atoms with Crippen LogP contribution in [0.5, 0.6) is 11.5 Å². The normalized spacial score (nSPS) is 11.2. The van der Waals surface area contributed by atoms with Crippen LogP contribution in [-0.2, 0) is 23.1 Å². The van der Waals surface area contributed by atoms with E-state index >= 15 is 0 Å². The summed E-state index contributed by atoms with van der Waals surface area (Å²) in [5.41, 5.74) is 1.23. The van der Waals surface area contributed by atoms with Gasteiger partial charge in [0.05, 0.1) is 18.6 Å². The van der Waals surface area contributed by atoms with Crippen LogP contribution in [-0.4, -0.2) is 28.0 Å². The van der Waals surface area contributed by atoms with E-state index in [2.05, 4.69) is 10.0 Å². The summed E-state index contributed by atoms with van der Waals surface area (Å²) in [6.45, 7) is 3.15. The van der Waals surface area contributed by atoms with Crippen LogP contribution in [0.1, 0.15) is 34.1 Å². The van der Waals surface area contributed by atoms with Gasteiger partial charge in [0.15, 0.2) is 11.5 Å². The van der Waals surface area contributed by atoms with Crippen molar-refractivity contribution in [3.8, 4) is 11.5 Å². The molecule has 1 amide bonds. The van der Waals surface area contributed by atoms with Crippen molar-refractivity contribution in [1.29, 1.82) is 0 Å². The summed E-state index contributed by atoms with van der Waals surface area (Å²) >= 11 is 1.48. The standard InChI is InChI=1S/C23H26N2O5S2/c1-3-12-30-21-11-6-17(14-22(21)29-2)15-24-23(26)18-7-9-20(10-8-18)32(27,28)25-16-19-5-4-13-31-19/h4-11,13-14,25H,3,12,15-16H2,1-2H3,(H,24,26). The number of nitrogens with one attached hydrogen (secondary N) is 2. The first-order valence-electron chi connectivity index (χ1n) is 10.1. The summed E-state index contributed by atoms with van der Waals surface area (Å²) in [7, 11) is -2.08. The average molecular weight is 475 g/mol. The molecule has 7 nitrogen and oxygen atoms in total. The highest BCUT2D eigenvalue weighted by atomic mass is 32.2. The third kappa shape index (κ3) is 6.32. The number of thiophene rings is 1. The molecule has 0 saturated heterocycles. The molecule has 0 aliphatic rings. The topological polar surface area (TPSA) is 93.7 Å². The van der Waals surface area contributed by atoms with E-state index in [1.165, 1.54) is 35.6 Å². The van der Waals surface area contributed by atoms with Crippen LogP contribution in [0, 0.1) is 0 Å². The van der Waals surface area contributed by atoms with Crippen LogP contribution in [0.15, 0.2) is 64.9 Å². The number of hydrogen-bond acceptors (Lipinski definition) is 6. The number of carbonyl (C=O) groups is 1. The van der Waals surface area contributed by atoms with Crippen molar-refractivity contribution in [3.63, 3.8) is 0 Å². The summed E-state index contributed by atoms with van der Waals surface area (Å²) in [4.78, 5) is 13.5. The zero-order valence-corrected chi connectivity index (χ0v) is 19.6. The third-order valence-electron chi connectivity index (χ3n) is 4.59. The highest BCUT2D eigenvalue weighted by Gasteiger charge is 2.15. The summed E-state index contributed by atoms with van der Waals surface area (Å²) in [6, 6.07) is 15.1. The number of sulfonamides is 1. The Bertz CT molecular complexity index is 1130. The molecule has 1 aromatic heterocycles. The van der Waals surface area contributed by atoms with Crippen LogP contribution >= 0.6 is 11.3 Å². The molecule has 3 rings (SSSR count). The molecular formula is C23H26N2O5S2. The van der Waals surface area contributed by atoms with Gasteiger partial charge in [-0.25, -0.2) is 13.1 Å². The van der Waals surface area contributed by atoms with Crippen LogP contribution in [0.3, 0.4) is 0 Å². The Morgan fingerprint density at radius 1 is 1.03 bits per heavy atom. The Labute approximate surface area is 192 Å². The molecule has 0 saturated carbocycles. The molecule has 0 fully saturated rings. The minimum atomic E-state index is -3.65. The van der Waals surface area contributed by atoms with Crippen molar-refractivity contribution in [1.82, 2.24) is 10.0 Å². The molecule has 170 valence electrons. The minimum Gasteiger partial charge on any atom is -0.493 e. The van der Waals surface area contributed by atoms with Gasteiger partial charge < -0.3 is 14.8 Å². The molecular weight excluding hydrogens is 448 g/mol. The van der Waals surface area contributed by atoms with Gasteiger partial charge in [0.25, 0.3) is 5.91 Å². The fourth-order valence-electron chi connectivity index (χ4n) is 2.89. The second-order valence-electron chi connectivity index (χ2n) is 6.94. The van der Waals surface area contributed by atoms with Crippen LogP contribution in [0.4, 0.5) is 0 Å². The maximum atomic E-state index is 12.5. The summed E-state index contributed by atoms with van der Waals surface area (Å²) in [5, 5.41) is 4.72. The first-order chi connectivity index (χ1) is 15.4. The van der Waals surface area contributed by atoms with E-state index in [-0.39, 0.29) is 17.3 Å². The largest absolute Gasteiger partial charge is 0.493 e. The van der Waals surface area contributed by atoms with E-state index in [0.717, 1.165) is 16.9 Å². The van der Waals surface area contributed by atoms with E-state index in [1.54, 1.807) is 7.11 Å². The molecule has 1 heterocycles. The highest BCUT2D eigenvalue weighted by molar-refractivity contribution is 7.89. The first-order valence-corrected chi connectivity index (χ1v) is 12.5. The Balaban J connectivity index is 1.58. The lowest BCUT2D eigenvalue weighted by atomic mass is 10.1. The molecule has 0 aliphatic heterocycles. The Hall–Kier alpha value is -2.88. The average Bonchev–Trinajstić information content (AvgIpc) is 3.34. The Kier molecular flexibility index (Phi) is 8.26. The summed E-state index contributed by atoms with van der Waals surface area (Å²) in [6.07, 6.45) is 0.895. The lowest BCUT2D eigenvalue weighted by Crippen LogP contribution is -2.24. The quantitative estimate of drug-likeness (QED) is 0.439. The van der Waals surface area contributed by atoms with Crippen molar-refractivity contribution in [2.75, 3.05) is 13.7 Å². The van der Waals surface area contributed by atoms with Crippen LogP contribution < -0.4 is 19.5 Å². The number of amides is 1. The fourth-order valence-corrected chi connectivity index (χ4v) is 4.63. The molecule has 9 heteroatoms. The maximum absolute atomic E-state index is 12.5. The number of methoxy groups -OCH3 is 1. The van der Waals surface area contributed by atoms with Gasteiger partial charge in [-0.3, -0.25) is 4.79 Å². The van der Waals surface area contributed by atoms with Gasteiger partial charge in [0.1, 0.15) is 0 Å². The third-order valence-corrected chi connectivity index (χ3v) is 6.88. The Morgan fingerprint density at radius 3 is 2.47 bits per heavy atom. The van der Waals surface area contributed by atoms with Gasteiger partial charge in [-0.15, -0.1) is 11.3 Å². The lowest BCUT2D eigenvalue weighted by molar-refractivity contribution is 0.0950. The number of ether oxygens (including phenoxy) is 2. The van der Waals surface area contributed by atoms with Gasteiger partial charge >= 0.3 is 0 Å². The van der Waals surface area contributed by atoms with E-state index in [4.69, 9.17) is 9.47 Å². The molecule has 3 aromatic rings. The van der Waals surface area contributed by atoms with Gasteiger partial charge in [0.2, 0.25) is 10.0 Å². The van der Waals surface area contributed by atoms with Crippen molar-refractivity contribution in [2.24, 2.45) is 0 Å². The molecule has 0 radical (unpaired) electrons. The minimum absolute atomic E-state index is 0.109. The second kappa shape index (κ2) is 11.1. The maximum Gasteiger partial charge on any atom is 0.251 e. The smallest absolute Gasteiger partial charge is 0.251 e. The van der Waals surface area contributed by atoms with Gasteiger partial charge in [-0.05, 0) is 59.8 Å². The van der Waals surface area contributed by atoms with E-state index in [9.17, 15) is 13.2 Å². The molecule has 0 aliphatic carbocycles. The second-order valence-corrected chi connectivity index (χ2v) is 9.74. The van der Waals surface area contributed by atoms with Gasteiger partial charge in [0, 0.05) is 23.5 Å². The summed E-state index contributed by atoms with van der Waals surface area (Å²) < 4.78 is 38.4. The predicted molar refractivity (Wildman–Crippen MR) is 125 cm³/mol. The molecule has 0 unspecified atom stereocenters. The molecule has 2 aromatic carbocycles. The van der Waals surface area contributed by atoms with E-state index in [1.807, 2.05) is 42.6 Å². The highest BCUT2D eigenvalue weighted by Crippen LogP contribution is 2.28. The zero-order chi connectivity index (χ0) is 23.0. The number of carbonyl (C=O) groups excluding carboxylic acids is 1. The first kappa shape index (κ1) is 23.8. The van der Waals surface area contributed by atoms with Crippen LogP contribution in [0.25, 0.3) is 0 Å². The van der Waals surface area contributed by atoms with Crippen molar-refractivity contribution in [3.05, 3.63) is 76.0 Å². The van der Waals surface area contributed by atoms with Crippen molar-refractivity contribution in [2.45, 2.75) is 31.3 Å². The van der Waals surface area contributed by atoms with Gasteiger partial charge in [-0.2, -0.15) is 0 Å². The molecule has 0 atom stereocenters. The molecule has 0 spiro atoms. The monoisotopic (exact) mass is 474 g/mol. The Morgan fingerprint density at radius 2 is 1.81 bits per heavy atom. The number of benzene rings is 2. The fraction of sp³-hybridized carbons (Fsp3) is 0.261. The SMILES string of the molecule is CCCOc1ccc(CNC(=O)c2ccc(S(=O)(=O)NCc3cccs3)cc2)cc1OC. The number of rotatable bonds is 11. The zero-order valence-electron chi connectivity index (χ0n) is 18.0. The van der Waals surface area contributed by atoms with Gasteiger partial charge in [-0.1, -0.05) is 19.1 Å². The van der Waals surface area contributed by atoms with E-state index in [0.29, 0.717) is 30.2 Å². The molecule has 32 heavy (non-hydrogen) atoms. The van der Waals surface area contributed by atoms with Crippen LogP contribution in [0.2, 0.25) is 0 Å². The lowest BCUT2D eigenvalue weighted by Gasteiger charge is -2.12. The molecule has 0 bridgehead atoms. The van der Waals surface area contributed by atoms with Crippen molar-refractivity contribution >= 4 is 27.3 Å². The number of hydrogen-bond donors (Lipinski definition) is 2. The molecule has 2 N–H and O–H groups in total. The summed E-state index contributed by atoms with van der Waals surface area (Å²) in [5.74, 6) is 0.967.